The minimum absolute atomic E-state index is 0.0634. The molecule has 2 aromatic rings. The van der Waals surface area contributed by atoms with Crippen LogP contribution >= 0.6 is 23.2 Å². The summed E-state index contributed by atoms with van der Waals surface area (Å²) in [5.74, 6) is 0.699. The van der Waals surface area contributed by atoms with Crippen molar-refractivity contribution < 1.29 is 9.53 Å². The predicted molar refractivity (Wildman–Crippen MR) is 90.3 cm³/mol. The summed E-state index contributed by atoms with van der Waals surface area (Å²) < 4.78 is 5.88. The number of hydrogen-bond acceptors (Lipinski definition) is 3. The highest BCUT2D eigenvalue weighted by molar-refractivity contribution is 6.36. The molecule has 0 unspecified atom stereocenters. The van der Waals surface area contributed by atoms with E-state index in [-0.39, 0.29) is 12.0 Å². The number of hydrogen-bond donors (Lipinski definition) is 0. The number of rotatable bonds is 3. The Labute approximate surface area is 145 Å². The molecule has 1 aliphatic rings. The minimum Gasteiger partial charge on any atom is -0.489 e. The van der Waals surface area contributed by atoms with Crippen LogP contribution in [0.1, 0.15) is 23.2 Å². The van der Waals surface area contributed by atoms with Gasteiger partial charge in [0, 0.05) is 37.2 Å². The highest BCUT2D eigenvalue weighted by Crippen LogP contribution is 2.24. The number of benzene rings is 1. The Morgan fingerprint density at radius 2 is 2.00 bits per heavy atom. The number of piperidine rings is 1. The molecule has 0 spiro atoms. The van der Waals surface area contributed by atoms with Crippen LogP contribution in [0.25, 0.3) is 0 Å². The van der Waals surface area contributed by atoms with E-state index in [0.717, 1.165) is 18.6 Å². The Balaban J connectivity index is 1.59. The van der Waals surface area contributed by atoms with Gasteiger partial charge in [-0.2, -0.15) is 0 Å². The zero-order valence-corrected chi connectivity index (χ0v) is 13.9. The number of likely N-dealkylation sites (tertiary alicyclic amines) is 1. The van der Waals surface area contributed by atoms with Crippen molar-refractivity contribution in [2.24, 2.45) is 0 Å². The SMILES string of the molecule is O=C(c1ccc(Cl)cc1Cl)N1CCC(Oc2cccnc2)CC1. The van der Waals surface area contributed by atoms with E-state index in [4.69, 9.17) is 27.9 Å². The molecule has 1 aromatic heterocycles. The van der Waals surface area contributed by atoms with E-state index in [1.807, 2.05) is 12.1 Å². The second kappa shape index (κ2) is 7.20. The van der Waals surface area contributed by atoms with Gasteiger partial charge in [0.2, 0.25) is 0 Å². The van der Waals surface area contributed by atoms with Gasteiger partial charge in [0.05, 0.1) is 16.8 Å². The Hall–Kier alpha value is -1.78. The van der Waals surface area contributed by atoms with Crippen LogP contribution in [0.15, 0.2) is 42.7 Å². The molecule has 4 nitrogen and oxygen atoms in total. The van der Waals surface area contributed by atoms with Crippen molar-refractivity contribution in [2.45, 2.75) is 18.9 Å². The Morgan fingerprint density at radius 1 is 1.22 bits per heavy atom. The van der Waals surface area contributed by atoms with Crippen LogP contribution in [-0.2, 0) is 0 Å². The highest BCUT2D eigenvalue weighted by Gasteiger charge is 2.25. The van der Waals surface area contributed by atoms with Crippen molar-refractivity contribution >= 4 is 29.1 Å². The summed E-state index contributed by atoms with van der Waals surface area (Å²) in [5.41, 5.74) is 0.489. The molecular formula is C17H16Cl2N2O2. The van der Waals surface area contributed by atoms with E-state index < -0.39 is 0 Å². The van der Waals surface area contributed by atoms with Gasteiger partial charge in [0.25, 0.3) is 5.91 Å². The lowest BCUT2D eigenvalue weighted by molar-refractivity contribution is 0.0595. The van der Waals surface area contributed by atoms with Crippen LogP contribution in [0.3, 0.4) is 0 Å². The molecule has 0 bridgehead atoms. The summed E-state index contributed by atoms with van der Waals surface area (Å²) in [6, 6.07) is 8.67. The van der Waals surface area contributed by atoms with Crippen LogP contribution in [0.4, 0.5) is 0 Å². The summed E-state index contributed by atoms with van der Waals surface area (Å²) >= 11 is 12.0. The van der Waals surface area contributed by atoms with Gasteiger partial charge in [0.15, 0.2) is 0 Å². The number of halogens is 2. The van der Waals surface area contributed by atoms with Gasteiger partial charge in [-0.15, -0.1) is 0 Å². The third-order valence-corrected chi connectivity index (χ3v) is 4.38. The van der Waals surface area contributed by atoms with Crippen molar-refractivity contribution in [1.29, 1.82) is 0 Å². The minimum atomic E-state index is -0.0634. The molecule has 1 fully saturated rings. The number of carbonyl (C=O) groups is 1. The summed E-state index contributed by atoms with van der Waals surface area (Å²) in [6.07, 6.45) is 5.08. The molecule has 0 aliphatic carbocycles. The number of pyridine rings is 1. The lowest BCUT2D eigenvalue weighted by Crippen LogP contribution is -2.41. The first-order chi connectivity index (χ1) is 11.1. The normalized spacial score (nSPS) is 15.5. The van der Waals surface area contributed by atoms with E-state index in [9.17, 15) is 4.79 Å². The molecular weight excluding hydrogens is 335 g/mol. The molecule has 23 heavy (non-hydrogen) atoms. The van der Waals surface area contributed by atoms with E-state index >= 15 is 0 Å². The third-order valence-electron chi connectivity index (χ3n) is 3.83. The zero-order chi connectivity index (χ0) is 16.2. The van der Waals surface area contributed by atoms with E-state index in [2.05, 4.69) is 4.98 Å². The molecule has 0 saturated carbocycles. The van der Waals surface area contributed by atoms with Gasteiger partial charge in [0.1, 0.15) is 11.9 Å². The Morgan fingerprint density at radius 3 is 2.65 bits per heavy atom. The molecule has 1 saturated heterocycles. The molecule has 2 heterocycles. The smallest absolute Gasteiger partial charge is 0.255 e. The zero-order valence-electron chi connectivity index (χ0n) is 12.4. The van der Waals surface area contributed by atoms with Gasteiger partial charge in [-0.05, 0) is 30.3 Å². The topological polar surface area (TPSA) is 42.4 Å². The fraction of sp³-hybridized carbons (Fsp3) is 0.294. The van der Waals surface area contributed by atoms with Crippen molar-refractivity contribution in [2.75, 3.05) is 13.1 Å². The van der Waals surface area contributed by atoms with E-state index in [1.54, 1.807) is 35.5 Å². The van der Waals surface area contributed by atoms with Crippen molar-refractivity contribution in [3.05, 3.63) is 58.3 Å². The van der Waals surface area contributed by atoms with Gasteiger partial charge in [-0.25, -0.2) is 0 Å². The predicted octanol–water partition coefficient (Wildman–Crippen LogP) is 4.07. The van der Waals surface area contributed by atoms with Crippen molar-refractivity contribution in [1.82, 2.24) is 9.88 Å². The number of ether oxygens (including phenoxy) is 1. The molecule has 0 N–H and O–H groups in total. The monoisotopic (exact) mass is 350 g/mol. The average molecular weight is 351 g/mol. The molecule has 120 valence electrons. The fourth-order valence-electron chi connectivity index (χ4n) is 2.62. The molecule has 6 heteroatoms. The maximum absolute atomic E-state index is 12.5. The van der Waals surface area contributed by atoms with E-state index in [0.29, 0.717) is 28.7 Å². The number of carbonyl (C=O) groups excluding carboxylic acids is 1. The maximum Gasteiger partial charge on any atom is 0.255 e. The fourth-order valence-corrected chi connectivity index (χ4v) is 3.11. The van der Waals surface area contributed by atoms with Crippen molar-refractivity contribution in [3.63, 3.8) is 0 Å². The Kier molecular flexibility index (Phi) is 5.03. The quantitative estimate of drug-likeness (QED) is 0.837. The van der Waals surface area contributed by atoms with Crippen LogP contribution in [-0.4, -0.2) is 35.0 Å². The molecule has 1 aliphatic heterocycles. The van der Waals surface area contributed by atoms with Gasteiger partial charge >= 0.3 is 0 Å². The molecule has 3 rings (SSSR count). The summed E-state index contributed by atoms with van der Waals surface area (Å²) in [5, 5.41) is 0.909. The number of nitrogens with zero attached hydrogens (tertiary/aromatic N) is 2. The highest BCUT2D eigenvalue weighted by atomic mass is 35.5. The lowest BCUT2D eigenvalue weighted by Gasteiger charge is -2.32. The number of amides is 1. The maximum atomic E-state index is 12.5. The van der Waals surface area contributed by atoms with Crippen LogP contribution in [0.5, 0.6) is 5.75 Å². The second-order valence-corrected chi connectivity index (χ2v) is 6.27. The molecule has 0 atom stereocenters. The summed E-state index contributed by atoms with van der Waals surface area (Å²) in [7, 11) is 0. The largest absolute Gasteiger partial charge is 0.489 e. The van der Waals surface area contributed by atoms with Crippen LogP contribution in [0.2, 0.25) is 10.0 Å². The first kappa shape index (κ1) is 16.1. The van der Waals surface area contributed by atoms with E-state index in [1.165, 1.54) is 0 Å². The van der Waals surface area contributed by atoms with Crippen molar-refractivity contribution in [3.8, 4) is 5.75 Å². The lowest BCUT2D eigenvalue weighted by atomic mass is 10.1. The number of aromatic nitrogens is 1. The average Bonchev–Trinajstić information content (AvgIpc) is 2.56. The second-order valence-electron chi connectivity index (χ2n) is 5.42. The van der Waals surface area contributed by atoms with Gasteiger partial charge in [-0.3, -0.25) is 9.78 Å². The standard InChI is InChI=1S/C17H16Cl2N2O2/c18-12-3-4-15(16(19)10-12)17(22)21-8-5-13(6-9-21)23-14-2-1-7-20-11-14/h1-4,7,10-11,13H,5-6,8-9H2. The molecule has 0 radical (unpaired) electrons. The van der Waals surface area contributed by atoms with Crippen LogP contribution < -0.4 is 4.74 Å². The van der Waals surface area contributed by atoms with Gasteiger partial charge < -0.3 is 9.64 Å². The molecule has 1 aromatic carbocycles. The first-order valence-electron chi connectivity index (χ1n) is 7.44. The van der Waals surface area contributed by atoms with Gasteiger partial charge in [-0.1, -0.05) is 23.2 Å². The first-order valence-corrected chi connectivity index (χ1v) is 8.20. The van der Waals surface area contributed by atoms with Crippen LogP contribution in [0, 0.1) is 0 Å². The summed E-state index contributed by atoms with van der Waals surface area (Å²) in [4.78, 5) is 18.4. The molecule has 1 amide bonds. The Bertz CT molecular complexity index is 686. The third kappa shape index (κ3) is 3.95. The summed E-state index contributed by atoms with van der Waals surface area (Å²) in [6.45, 7) is 1.28.